The van der Waals surface area contributed by atoms with Crippen LogP contribution in [0.5, 0.6) is 0 Å². The normalized spacial score (nSPS) is 11.8. The lowest BCUT2D eigenvalue weighted by atomic mass is 10.0. The molecule has 0 saturated carbocycles. The highest BCUT2D eigenvalue weighted by Crippen LogP contribution is 2.18. The summed E-state index contributed by atoms with van der Waals surface area (Å²) in [4.78, 5) is 0. The summed E-state index contributed by atoms with van der Waals surface area (Å²) in [5, 5.41) is 0. The fourth-order valence-electron chi connectivity index (χ4n) is 1.05. The summed E-state index contributed by atoms with van der Waals surface area (Å²) in [6.45, 7) is 6.29. The topological polar surface area (TPSA) is 0 Å². The molecular weight excluding hydrogens is 374 g/mol. The molecule has 0 nitrogen and oxygen atoms in total. The van der Waals surface area contributed by atoms with Gasteiger partial charge >= 0.3 is 0 Å². The van der Waals surface area contributed by atoms with Crippen LogP contribution in [0.25, 0.3) is 0 Å². The van der Waals surface area contributed by atoms with Crippen molar-refractivity contribution in [2.75, 3.05) is 8.86 Å². The number of hydrogen-bond acceptors (Lipinski definition) is 0. The maximum Gasteiger partial charge on any atom is 0.00358 e. The third-order valence-electron chi connectivity index (χ3n) is 1.66. The van der Waals surface area contributed by atoms with E-state index < -0.39 is 0 Å². The minimum Gasteiger partial charge on any atom is -0.0955 e. The van der Waals surface area contributed by atoms with Crippen LogP contribution in [0.2, 0.25) is 0 Å². The van der Waals surface area contributed by atoms with E-state index >= 15 is 0 Å². The Kier molecular flexibility index (Phi) is 9.20. The predicted molar refractivity (Wildman–Crippen MR) is 74.5 cm³/mol. The molecule has 0 amide bonds. The molecule has 0 saturated heterocycles. The molecule has 0 N–H and O–H groups in total. The summed E-state index contributed by atoms with van der Waals surface area (Å²) in [7, 11) is 0. The van der Waals surface area contributed by atoms with Gasteiger partial charge in [0.25, 0.3) is 0 Å². The fraction of sp³-hybridized carbons (Fsp3) is 0.600. The zero-order chi connectivity index (χ0) is 9.40. The van der Waals surface area contributed by atoms with Crippen molar-refractivity contribution >= 4 is 45.2 Å². The molecule has 0 unspecified atom stereocenters. The number of hydrogen-bond donors (Lipinski definition) is 0. The Bertz CT molecular complexity index is 159. The Labute approximate surface area is 103 Å². The number of allylic oxidation sites excluding steroid dienone is 3. The van der Waals surface area contributed by atoms with Crippen LogP contribution >= 0.6 is 45.2 Å². The molecule has 0 atom stereocenters. The number of halogens is 2. The highest BCUT2D eigenvalue weighted by molar-refractivity contribution is 14.1. The number of alkyl halides is 2. The van der Waals surface area contributed by atoms with Crippen molar-refractivity contribution in [2.45, 2.75) is 26.2 Å². The molecule has 12 heavy (non-hydrogen) atoms. The lowest BCUT2D eigenvalue weighted by Gasteiger charge is -2.07. The lowest BCUT2D eigenvalue weighted by Crippen LogP contribution is -1.91. The zero-order valence-corrected chi connectivity index (χ0v) is 11.9. The maximum absolute atomic E-state index is 4.11. The second-order valence-corrected chi connectivity index (χ2v) is 4.78. The molecule has 0 aliphatic carbocycles. The van der Waals surface area contributed by atoms with Gasteiger partial charge in [-0.25, -0.2) is 0 Å². The largest absolute Gasteiger partial charge is 0.0955 e. The molecule has 0 aliphatic rings. The Balaban J connectivity index is 4.09. The first-order chi connectivity index (χ1) is 5.76. The van der Waals surface area contributed by atoms with Crippen molar-refractivity contribution in [2.24, 2.45) is 0 Å². The van der Waals surface area contributed by atoms with Gasteiger partial charge in [-0.2, -0.15) is 0 Å². The smallest absolute Gasteiger partial charge is 0.00358 e. The maximum atomic E-state index is 4.11. The van der Waals surface area contributed by atoms with E-state index in [2.05, 4.69) is 64.8 Å². The molecule has 0 aromatic carbocycles. The van der Waals surface area contributed by atoms with Crippen molar-refractivity contribution < 1.29 is 0 Å². The monoisotopic (exact) mass is 390 g/mol. The van der Waals surface area contributed by atoms with Crippen LogP contribution in [-0.4, -0.2) is 8.86 Å². The number of rotatable bonds is 6. The molecule has 0 spiro atoms. The van der Waals surface area contributed by atoms with Crippen LogP contribution in [-0.2, 0) is 0 Å². The van der Waals surface area contributed by atoms with Gasteiger partial charge in [0.2, 0.25) is 0 Å². The molecule has 0 radical (unpaired) electrons. The second-order valence-electron chi connectivity index (χ2n) is 2.62. The van der Waals surface area contributed by atoms with Crippen molar-refractivity contribution in [1.82, 2.24) is 0 Å². The molecule has 0 aromatic rings. The van der Waals surface area contributed by atoms with Crippen LogP contribution in [0, 0.1) is 0 Å². The molecule has 0 rings (SSSR count). The summed E-state index contributed by atoms with van der Waals surface area (Å²) in [6, 6.07) is 0. The van der Waals surface area contributed by atoms with Crippen molar-refractivity contribution in [3.05, 3.63) is 23.8 Å². The Morgan fingerprint density at radius 3 is 2.25 bits per heavy atom. The van der Waals surface area contributed by atoms with E-state index in [-0.39, 0.29) is 0 Å². The SMILES string of the molecule is C=C(CCI)C(=CCC)CCI. The van der Waals surface area contributed by atoms with E-state index in [9.17, 15) is 0 Å². The summed E-state index contributed by atoms with van der Waals surface area (Å²) >= 11 is 4.82. The first-order valence-corrected chi connectivity index (χ1v) is 7.30. The van der Waals surface area contributed by atoms with Crippen LogP contribution in [0.3, 0.4) is 0 Å². The second kappa shape index (κ2) is 8.53. The molecule has 70 valence electrons. The molecule has 0 aliphatic heterocycles. The summed E-state index contributed by atoms with van der Waals surface area (Å²) in [5.74, 6) is 0. The molecule has 0 bridgehead atoms. The molecule has 2 heteroatoms. The minimum atomic E-state index is 1.13. The van der Waals surface area contributed by atoms with Gasteiger partial charge in [0.1, 0.15) is 0 Å². The van der Waals surface area contributed by atoms with Crippen molar-refractivity contribution in [3.8, 4) is 0 Å². The summed E-state index contributed by atoms with van der Waals surface area (Å²) in [6.07, 6.45) is 5.77. The van der Waals surface area contributed by atoms with Gasteiger partial charge in [-0.05, 0) is 24.8 Å². The van der Waals surface area contributed by atoms with Gasteiger partial charge in [0.15, 0.2) is 0 Å². The van der Waals surface area contributed by atoms with E-state index in [4.69, 9.17) is 0 Å². The molecule has 0 heterocycles. The van der Waals surface area contributed by atoms with Crippen LogP contribution in [0.15, 0.2) is 23.8 Å². The Morgan fingerprint density at radius 1 is 1.25 bits per heavy atom. The Morgan fingerprint density at radius 2 is 1.83 bits per heavy atom. The van der Waals surface area contributed by atoms with Crippen LogP contribution in [0.1, 0.15) is 26.2 Å². The predicted octanol–water partition coefficient (Wildman–Crippen LogP) is 4.53. The lowest BCUT2D eigenvalue weighted by molar-refractivity contribution is 1.04. The Hall–Kier alpha value is 0.940. The highest BCUT2D eigenvalue weighted by Gasteiger charge is 2.00. The van der Waals surface area contributed by atoms with Crippen molar-refractivity contribution in [1.29, 1.82) is 0 Å². The van der Waals surface area contributed by atoms with Gasteiger partial charge in [0.05, 0.1) is 0 Å². The first-order valence-electron chi connectivity index (χ1n) is 4.25. The van der Waals surface area contributed by atoms with E-state index in [1.54, 1.807) is 0 Å². The highest BCUT2D eigenvalue weighted by atomic mass is 127. The van der Waals surface area contributed by atoms with Crippen LogP contribution in [0.4, 0.5) is 0 Å². The summed E-state index contributed by atoms with van der Waals surface area (Å²) in [5.41, 5.74) is 2.81. The standard InChI is InChI=1S/C10H16I2/c1-3-4-10(6-8-12)9(2)5-7-11/h4H,2-3,5-8H2,1H3. The zero-order valence-electron chi connectivity index (χ0n) is 7.58. The molecule has 0 aromatic heterocycles. The van der Waals surface area contributed by atoms with Gasteiger partial charge < -0.3 is 0 Å². The van der Waals surface area contributed by atoms with Gasteiger partial charge in [-0.1, -0.05) is 70.3 Å². The average molecular weight is 390 g/mol. The van der Waals surface area contributed by atoms with Crippen molar-refractivity contribution in [3.63, 3.8) is 0 Å². The van der Waals surface area contributed by atoms with Gasteiger partial charge in [-0.15, -0.1) is 0 Å². The quantitative estimate of drug-likeness (QED) is 0.355. The van der Waals surface area contributed by atoms with Crippen LogP contribution < -0.4 is 0 Å². The van der Waals surface area contributed by atoms with Gasteiger partial charge in [0, 0.05) is 8.86 Å². The fourth-order valence-corrected chi connectivity index (χ4v) is 2.28. The minimum absolute atomic E-state index is 1.13. The van der Waals surface area contributed by atoms with Gasteiger partial charge in [-0.3, -0.25) is 0 Å². The first kappa shape index (κ1) is 12.9. The molecule has 0 fully saturated rings. The third-order valence-corrected chi connectivity index (χ3v) is 2.74. The molecular formula is C10H16I2. The van der Waals surface area contributed by atoms with E-state index in [1.165, 1.54) is 26.4 Å². The van der Waals surface area contributed by atoms with E-state index in [0.717, 1.165) is 12.8 Å². The van der Waals surface area contributed by atoms with E-state index in [1.807, 2.05) is 0 Å². The average Bonchev–Trinajstić information content (AvgIpc) is 2.04. The van der Waals surface area contributed by atoms with E-state index in [0.29, 0.717) is 0 Å². The summed E-state index contributed by atoms with van der Waals surface area (Å²) < 4.78 is 2.38. The third kappa shape index (κ3) is 5.56.